The van der Waals surface area contributed by atoms with E-state index in [1.807, 2.05) is 95.5 Å². The molecule has 3 aromatic heterocycles. The number of halogens is 1. The van der Waals surface area contributed by atoms with Crippen LogP contribution in [0.1, 0.15) is 40.2 Å². The van der Waals surface area contributed by atoms with Crippen LogP contribution in [0.5, 0.6) is 0 Å². The molecule has 42 heavy (non-hydrogen) atoms. The Morgan fingerprint density at radius 2 is 1.83 bits per heavy atom. The molecule has 1 aliphatic heterocycles. The smallest absolute Gasteiger partial charge is 0.255 e. The van der Waals surface area contributed by atoms with Gasteiger partial charge in [-0.25, -0.2) is 9.67 Å². The molecule has 9 nitrogen and oxygen atoms in total. The first kappa shape index (κ1) is 28.0. The molecule has 1 fully saturated rings. The highest BCUT2D eigenvalue weighted by Gasteiger charge is 2.29. The number of nitrogens with zero attached hydrogens (tertiary/aromatic N) is 6. The Labute approximate surface area is 252 Å². The van der Waals surface area contributed by atoms with Crippen molar-refractivity contribution < 1.29 is 9.59 Å². The van der Waals surface area contributed by atoms with Gasteiger partial charge in [-0.1, -0.05) is 46.3 Å². The number of aryl methyl sites for hydroxylation is 1. The lowest BCUT2D eigenvalue weighted by molar-refractivity contribution is -0.126. The Morgan fingerprint density at radius 3 is 2.62 bits per heavy atom. The van der Waals surface area contributed by atoms with Crippen LogP contribution in [0.2, 0.25) is 5.02 Å². The first-order valence-corrected chi connectivity index (χ1v) is 15.0. The van der Waals surface area contributed by atoms with Gasteiger partial charge in [0.1, 0.15) is 11.3 Å². The molecule has 214 valence electrons. The van der Waals surface area contributed by atoms with E-state index in [1.54, 1.807) is 16.4 Å². The summed E-state index contributed by atoms with van der Waals surface area (Å²) in [6.45, 7) is 3.85. The van der Waals surface area contributed by atoms with E-state index in [4.69, 9.17) is 11.6 Å². The van der Waals surface area contributed by atoms with Crippen molar-refractivity contribution in [3.63, 3.8) is 0 Å². The Hall–Kier alpha value is -4.15. The van der Waals surface area contributed by atoms with E-state index in [-0.39, 0.29) is 17.7 Å². The number of benzene rings is 2. The molecule has 0 atom stereocenters. The number of likely N-dealkylation sites (tertiary alicyclic amines) is 1. The number of piperidine rings is 1. The molecule has 0 radical (unpaired) electrons. The summed E-state index contributed by atoms with van der Waals surface area (Å²) in [5.74, 6) is -0.176. The third kappa shape index (κ3) is 6.50. The second kappa shape index (κ2) is 12.4. The topological polar surface area (TPSA) is 97.4 Å². The van der Waals surface area contributed by atoms with Gasteiger partial charge in [-0.3, -0.25) is 9.59 Å². The lowest BCUT2D eigenvalue weighted by Crippen LogP contribution is -2.43. The van der Waals surface area contributed by atoms with Crippen molar-refractivity contribution in [2.24, 2.45) is 5.92 Å². The van der Waals surface area contributed by atoms with Crippen molar-refractivity contribution in [1.29, 1.82) is 0 Å². The van der Waals surface area contributed by atoms with Crippen molar-refractivity contribution in [1.82, 2.24) is 34.6 Å². The molecule has 0 aliphatic carbocycles. The Balaban J connectivity index is 1.01. The molecule has 0 spiro atoms. The summed E-state index contributed by atoms with van der Waals surface area (Å²) >= 11 is 7.58. The summed E-state index contributed by atoms with van der Waals surface area (Å²) in [5, 5.41) is 12.1. The number of hydrogen-bond acceptors (Lipinski definition) is 6. The molecule has 0 bridgehead atoms. The first-order chi connectivity index (χ1) is 20.4. The highest BCUT2D eigenvalue weighted by atomic mass is 35.5. The standard InChI is InChI=1S/C31H30ClN7O2S/c1-21-5-10-28(42-26-8-6-23(32)7-9-26)27(16-21)31(41)37-14-11-22(12-15-37)30(40)33-17-24-19-39(36-35-24)20-25-18-38-13-3-2-4-29(38)34-25/h2-10,13,16,18-19,22H,11-12,14-15,17,20H2,1H3,(H,33,40). The Kier molecular flexibility index (Phi) is 8.25. The molecule has 11 heteroatoms. The molecule has 4 heterocycles. The van der Waals surface area contributed by atoms with Gasteiger partial charge >= 0.3 is 0 Å². The summed E-state index contributed by atoms with van der Waals surface area (Å²) in [7, 11) is 0. The van der Waals surface area contributed by atoms with Crippen LogP contribution < -0.4 is 5.32 Å². The number of imidazole rings is 1. The first-order valence-electron chi connectivity index (χ1n) is 13.8. The van der Waals surface area contributed by atoms with Crippen LogP contribution in [0.15, 0.2) is 89.0 Å². The van der Waals surface area contributed by atoms with Crippen LogP contribution in [0.25, 0.3) is 5.65 Å². The highest BCUT2D eigenvalue weighted by Crippen LogP contribution is 2.33. The zero-order chi connectivity index (χ0) is 29.1. The highest BCUT2D eigenvalue weighted by molar-refractivity contribution is 7.99. The minimum atomic E-state index is -0.150. The Morgan fingerprint density at radius 1 is 1.02 bits per heavy atom. The summed E-state index contributed by atoms with van der Waals surface area (Å²) in [5.41, 5.74) is 4.16. The van der Waals surface area contributed by atoms with Crippen molar-refractivity contribution in [2.45, 2.75) is 42.6 Å². The predicted molar refractivity (Wildman–Crippen MR) is 162 cm³/mol. The van der Waals surface area contributed by atoms with Gasteiger partial charge in [0.05, 0.1) is 30.5 Å². The van der Waals surface area contributed by atoms with E-state index >= 15 is 0 Å². The quantitative estimate of drug-likeness (QED) is 0.261. The summed E-state index contributed by atoms with van der Waals surface area (Å²) in [6, 6.07) is 19.4. The zero-order valence-corrected chi connectivity index (χ0v) is 24.7. The molecule has 0 saturated carbocycles. The minimum Gasteiger partial charge on any atom is -0.350 e. The number of amides is 2. The molecule has 2 amide bonds. The maximum Gasteiger partial charge on any atom is 0.255 e. The summed E-state index contributed by atoms with van der Waals surface area (Å²) in [4.78, 5) is 34.9. The fraction of sp³-hybridized carbons (Fsp3) is 0.258. The van der Waals surface area contributed by atoms with E-state index in [2.05, 4.69) is 20.6 Å². The predicted octanol–water partition coefficient (Wildman–Crippen LogP) is 5.26. The van der Waals surface area contributed by atoms with Crippen LogP contribution >= 0.6 is 23.4 Å². The number of nitrogens with one attached hydrogen (secondary N) is 1. The number of pyridine rings is 1. The second-order valence-corrected chi connectivity index (χ2v) is 12.0. The second-order valence-electron chi connectivity index (χ2n) is 10.4. The van der Waals surface area contributed by atoms with Crippen LogP contribution in [-0.4, -0.2) is 54.2 Å². The number of aromatic nitrogens is 5. The average Bonchev–Trinajstić information content (AvgIpc) is 3.64. The summed E-state index contributed by atoms with van der Waals surface area (Å²) in [6.07, 6.45) is 6.98. The molecule has 2 aromatic carbocycles. The van der Waals surface area contributed by atoms with Crippen molar-refractivity contribution in [2.75, 3.05) is 13.1 Å². The van der Waals surface area contributed by atoms with Crippen LogP contribution in [0.4, 0.5) is 0 Å². The number of rotatable bonds is 8. The average molecular weight is 600 g/mol. The molecule has 1 aliphatic rings. The number of carbonyl (C=O) groups is 2. The maximum atomic E-state index is 13.6. The van der Waals surface area contributed by atoms with Crippen molar-refractivity contribution >= 4 is 40.8 Å². The van der Waals surface area contributed by atoms with E-state index in [0.29, 0.717) is 55.3 Å². The molecule has 1 N–H and O–H groups in total. The Bertz CT molecular complexity index is 1690. The molecule has 6 rings (SSSR count). The molecule has 1 saturated heterocycles. The van der Waals surface area contributed by atoms with E-state index in [9.17, 15) is 9.59 Å². The van der Waals surface area contributed by atoms with Crippen molar-refractivity contribution in [3.05, 3.63) is 107 Å². The van der Waals surface area contributed by atoms with E-state index in [1.165, 1.54) is 0 Å². The lowest BCUT2D eigenvalue weighted by atomic mass is 9.95. The normalized spacial score (nSPS) is 13.9. The van der Waals surface area contributed by atoms with Crippen LogP contribution in [0, 0.1) is 12.8 Å². The van der Waals surface area contributed by atoms with E-state index < -0.39 is 0 Å². The molecule has 5 aromatic rings. The number of hydrogen-bond donors (Lipinski definition) is 1. The van der Waals surface area contributed by atoms with Gasteiger partial charge in [0.25, 0.3) is 5.91 Å². The van der Waals surface area contributed by atoms with Crippen LogP contribution in [-0.2, 0) is 17.9 Å². The van der Waals surface area contributed by atoms with Gasteiger partial charge in [-0.2, -0.15) is 0 Å². The van der Waals surface area contributed by atoms with Gasteiger partial charge in [0.2, 0.25) is 5.91 Å². The molecular weight excluding hydrogens is 570 g/mol. The number of fused-ring (bicyclic) bond motifs is 1. The number of carbonyl (C=O) groups excluding carboxylic acids is 2. The fourth-order valence-corrected chi connectivity index (χ4v) is 6.14. The maximum absolute atomic E-state index is 13.6. The van der Waals surface area contributed by atoms with Gasteiger partial charge in [-0.15, -0.1) is 5.10 Å². The largest absolute Gasteiger partial charge is 0.350 e. The van der Waals surface area contributed by atoms with Gasteiger partial charge < -0.3 is 14.6 Å². The fourth-order valence-electron chi connectivity index (χ4n) is 5.09. The molecular formula is C31H30ClN7O2S. The van der Waals surface area contributed by atoms with E-state index in [0.717, 1.165) is 26.7 Å². The van der Waals surface area contributed by atoms with Gasteiger partial charge in [-0.05, 0) is 68.3 Å². The van der Waals surface area contributed by atoms with Crippen molar-refractivity contribution in [3.8, 4) is 0 Å². The third-order valence-corrected chi connectivity index (χ3v) is 8.66. The minimum absolute atomic E-state index is 0.00348. The van der Waals surface area contributed by atoms with Gasteiger partial charge in [0, 0.05) is 46.2 Å². The van der Waals surface area contributed by atoms with Gasteiger partial charge in [0.15, 0.2) is 0 Å². The lowest BCUT2D eigenvalue weighted by Gasteiger charge is -2.32. The monoisotopic (exact) mass is 599 g/mol. The zero-order valence-electron chi connectivity index (χ0n) is 23.1. The molecule has 0 unspecified atom stereocenters. The SMILES string of the molecule is Cc1ccc(Sc2ccc(Cl)cc2)c(C(=O)N2CCC(C(=O)NCc3cn(Cc4cn5ccccc5n4)nn3)CC2)c1. The summed E-state index contributed by atoms with van der Waals surface area (Å²) < 4.78 is 3.69. The van der Waals surface area contributed by atoms with Crippen LogP contribution in [0.3, 0.4) is 0 Å². The third-order valence-electron chi connectivity index (χ3n) is 7.33.